The summed E-state index contributed by atoms with van der Waals surface area (Å²) < 4.78 is 6.99. The third-order valence-electron chi connectivity index (χ3n) is 4.86. The lowest BCUT2D eigenvalue weighted by Gasteiger charge is -2.50. The summed E-state index contributed by atoms with van der Waals surface area (Å²) in [6.45, 7) is 14.1. The van der Waals surface area contributed by atoms with Crippen LogP contribution in [0, 0.1) is 11.8 Å². The molecule has 0 atom stereocenters. The second-order valence-electron chi connectivity index (χ2n) is 8.39. The lowest BCUT2D eigenvalue weighted by atomic mass is 9.79. The van der Waals surface area contributed by atoms with Crippen molar-refractivity contribution < 1.29 is 9.22 Å². The van der Waals surface area contributed by atoms with Crippen LogP contribution in [0.15, 0.2) is 30.3 Å². The Labute approximate surface area is 144 Å². The molecule has 0 spiro atoms. The first-order valence-corrected chi connectivity index (χ1v) is 9.17. The Hall–Kier alpha value is -0.860. The molecule has 1 aromatic carbocycles. The van der Waals surface area contributed by atoms with Crippen LogP contribution < -0.4 is 0 Å². The first kappa shape index (κ1) is 20.2. The summed E-state index contributed by atoms with van der Waals surface area (Å²) in [6, 6.07) is 10.9. The highest BCUT2D eigenvalue weighted by Crippen LogP contribution is 2.36. The third-order valence-corrected chi connectivity index (χ3v) is 4.86. The molecular weight excluding hydrogens is 282 g/mol. The van der Waals surface area contributed by atoms with E-state index in [1.807, 2.05) is 0 Å². The Bertz CT molecular complexity index is 426. The van der Waals surface area contributed by atoms with Crippen molar-refractivity contribution >= 4 is 0 Å². The minimum absolute atomic E-state index is 0.161. The molecule has 1 rings (SSSR count). The smallest absolute Gasteiger partial charge is 0.123 e. The van der Waals surface area contributed by atoms with Gasteiger partial charge in [-0.3, -0.25) is 0 Å². The van der Waals surface area contributed by atoms with Crippen molar-refractivity contribution in [1.29, 1.82) is 0 Å². The molecule has 0 aliphatic carbocycles. The molecule has 1 aromatic rings. The number of hydrogen-bond donors (Lipinski definition) is 0. The van der Waals surface area contributed by atoms with E-state index in [9.17, 15) is 0 Å². The molecule has 0 radical (unpaired) electrons. The summed E-state index contributed by atoms with van der Waals surface area (Å²) in [6.07, 6.45) is 2.40. The predicted molar refractivity (Wildman–Crippen MR) is 100 cm³/mol. The van der Waals surface area contributed by atoms with Gasteiger partial charge in [0.15, 0.2) is 0 Å². The van der Waals surface area contributed by atoms with E-state index in [1.54, 1.807) is 0 Å². The Balaban J connectivity index is 3.15. The number of rotatable bonds is 10. The Morgan fingerprint density at radius 3 is 1.91 bits per heavy atom. The number of quaternary nitrogens is 1. The Kier molecular flexibility index (Phi) is 7.76. The molecule has 0 fully saturated rings. The quantitative estimate of drug-likeness (QED) is 0.543. The minimum atomic E-state index is 0.161. The minimum Gasteiger partial charge on any atom is -0.375 e. The van der Waals surface area contributed by atoms with Crippen LogP contribution in [0.5, 0.6) is 0 Å². The van der Waals surface area contributed by atoms with Gasteiger partial charge < -0.3 is 9.22 Å². The molecule has 23 heavy (non-hydrogen) atoms. The fourth-order valence-corrected chi connectivity index (χ4v) is 3.89. The van der Waals surface area contributed by atoms with E-state index in [4.69, 9.17) is 4.74 Å². The van der Waals surface area contributed by atoms with Gasteiger partial charge in [-0.05, 0) is 18.8 Å². The van der Waals surface area contributed by atoms with E-state index in [0.29, 0.717) is 11.8 Å². The summed E-state index contributed by atoms with van der Waals surface area (Å²) in [4.78, 5) is 0. The van der Waals surface area contributed by atoms with Gasteiger partial charge in [0.2, 0.25) is 0 Å². The van der Waals surface area contributed by atoms with Gasteiger partial charge in [0.05, 0.1) is 14.1 Å². The number of ether oxygens (including phenoxy) is 1. The summed E-state index contributed by atoms with van der Waals surface area (Å²) in [5.41, 5.74) is 1.57. The number of hydrogen-bond acceptors (Lipinski definition) is 1. The van der Waals surface area contributed by atoms with Crippen molar-refractivity contribution in [3.8, 4) is 0 Å². The first-order valence-electron chi connectivity index (χ1n) is 9.17. The molecule has 0 aromatic heterocycles. The van der Waals surface area contributed by atoms with E-state index in [0.717, 1.165) is 24.2 Å². The zero-order valence-electron chi connectivity index (χ0n) is 16.4. The molecule has 0 heterocycles. The summed E-state index contributed by atoms with van der Waals surface area (Å²) in [5, 5.41) is 0. The van der Waals surface area contributed by atoms with Gasteiger partial charge >= 0.3 is 0 Å². The number of nitrogens with zero attached hydrogens (tertiary/aromatic N) is 1. The summed E-state index contributed by atoms with van der Waals surface area (Å²) in [5.74, 6) is 1.34. The van der Waals surface area contributed by atoms with Crippen molar-refractivity contribution in [2.75, 3.05) is 27.3 Å². The molecule has 2 nitrogen and oxygen atoms in total. The molecule has 0 saturated heterocycles. The maximum Gasteiger partial charge on any atom is 0.123 e. The van der Waals surface area contributed by atoms with Crippen LogP contribution in [-0.2, 0) is 11.3 Å². The van der Waals surface area contributed by atoms with Crippen LogP contribution in [0.2, 0.25) is 0 Å². The standard InChI is InChI=1S/C21H38NO/c1-8-23-17-21(14-18(2)3,15-19(4)5)22(6,7)16-20-12-10-9-11-13-20/h9-13,18-19H,8,14-17H2,1-7H3/q+1. The van der Waals surface area contributed by atoms with Crippen LogP contribution in [-0.4, -0.2) is 37.3 Å². The van der Waals surface area contributed by atoms with Gasteiger partial charge in [-0.25, -0.2) is 0 Å². The molecule has 132 valence electrons. The molecule has 0 unspecified atom stereocenters. The average molecular weight is 321 g/mol. The second kappa shape index (κ2) is 8.84. The monoisotopic (exact) mass is 320 g/mol. The van der Waals surface area contributed by atoms with Gasteiger partial charge in [-0.15, -0.1) is 0 Å². The normalized spacial score (nSPS) is 13.1. The lowest BCUT2D eigenvalue weighted by Crippen LogP contribution is -2.62. The van der Waals surface area contributed by atoms with E-state index in [1.165, 1.54) is 18.4 Å². The average Bonchev–Trinajstić information content (AvgIpc) is 2.44. The van der Waals surface area contributed by atoms with Crippen molar-refractivity contribution in [2.45, 2.75) is 59.5 Å². The summed E-state index contributed by atoms with van der Waals surface area (Å²) in [7, 11) is 4.77. The van der Waals surface area contributed by atoms with E-state index >= 15 is 0 Å². The van der Waals surface area contributed by atoms with Crippen LogP contribution in [0.1, 0.15) is 53.0 Å². The molecule has 0 bridgehead atoms. The summed E-state index contributed by atoms with van der Waals surface area (Å²) >= 11 is 0. The maximum absolute atomic E-state index is 6.01. The van der Waals surface area contributed by atoms with Crippen molar-refractivity contribution in [3.05, 3.63) is 35.9 Å². The molecule has 0 aliphatic heterocycles. The van der Waals surface area contributed by atoms with Gasteiger partial charge in [-0.1, -0.05) is 58.0 Å². The highest BCUT2D eigenvalue weighted by Gasteiger charge is 2.46. The van der Waals surface area contributed by atoms with E-state index in [2.05, 4.69) is 79.0 Å². The van der Waals surface area contributed by atoms with Crippen molar-refractivity contribution in [1.82, 2.24) is 0 Å². The topological polar surface area (TPSA) is 9.23 Å². The Morgan fingerprint density at radius 1 is 0.957 bits per heavy atom. The predicted octanol–water partition coefficient (Wildman–Crippen LogP) is 5.13. The fourth-order valence-electron chi connectivity index (χ4n) is 3.89. The largest absolute Gasteiger partial charge is 0.375 e. The maximum atomic E-state index is 6.01. The van der Waals surface area contributed by atoms with Crippen molar-refractivity contribution in [2.24, 2.45) is 11.8 Å². The van der Waals surface area contributed by atoms with E-state index in [-0.39, 0.29) is 5.54 Å². The van der Waals surface area contributed by atoms with Gasteiger partial charge in [-0.2, -0.15) is 0 Å². The zero-order valence-corrected chi connectivity index (χ0v) is 16.4. The molecule has 0 saturated carbocycles. The highest BCUT2D eigenvalue weighted by molar-refractivity contribution is 5.13. The second-order valence-corrected chi connectivity index (χ2v) is 8.39. The SMILES string of the molecule is CCOCC(CC(C)C)(CC(C)C)[N+](C)(C)Cc1ccccc1. The third kappa shape index (κ3) is 5.93. The van der Waals surface area contributed by atoms with Crippen LogP contribution in [0.25, 0.3) is 0 Å². The van der Waals surface area contributed by atoms with Gasteiger partial charge in [0, 0.05) is 25.0 Å². The first-order chi connectivity index (χ1) is 10.7. The molecule has 0 aliphatic rings. The van der Waals surface area contributed by atoms with Gasteiger partial charge in [0.25, 0.3) is 0 Å². The number of benzene rings is 1. The molecule has 2 heteroatoms. The van der Waals surface area contributed by atoms with Crippen LogP contribution >= 0.6 is 0 Å². The lowest BCUT2D eigenvalue weighted by molar-refractivity contribution is -0.957. The van der Waals surface area contributed by atoms with E-state index < -0.39 is 0 Å². The van der Waals surface area contributed by atoms with Crippen molar-refractivity contribution in [3.63, 3.8) is 0 Å². The zero-order chi connectivity index (χ0) is 17.5. The van der Waals surface area contributed by atoms with Gasteiger partial charge in [0.1, 0.15) is 18.7 Å². The van der Waals surface area contributed by atoms with Crippen LogP contribution in [0.4, 0.5) is 0 Å². The Morgan fingerprint density at radius 2 is 1.48 bits per heavy atom. The fraction of sp³-hybridized carbons (Fsp3) is 0.714. The molecular formula is C21H38NO+. The van der Waals surface area contributed by atoms with Crippen LogP contribution in [0.3, 0.4) is 0 Å². The highest BCUT2D eigenvalue weighted by atomic mass is 16.5. The molecule has 0 N–H and O–H groups in total. The molecule has 0 amide bonds. The number of likely N-dealkylation sites (N-methyl/N-ethyl adjacent to an activating group) is 1.